The van der Waals surface area contributed by atoms with Gasteiger partial charge in [0.05, 0.1) is 0 Å². The fraction of sp³-hybridized carbons (Fsp3) is 0. The van der Waals surface area contributed by atoms with E-state index in [0.717, 1.165) is 0 Å². The van der Waals surface area contributed by atoms with Gasteiger partial charge in [0.2, 0.25) is 0 Å². The summed E-state index contributed by atoms with van der Waals surface area (Å²) in [5, 5.41) is 0. The van der Waals surface area contributed by atoms with Crippen LogP contribution in [0.2, 0.25) is 0 Å². The summed E-state index contributed by atoms with van der Waals surface area (Å²) in [5.74, 6) is 0. The zero-order chi connectivity index (χ0) is 2.71. The maximum atomic E-state index is 8.57. The van der Waals surface area contributed by atoms with Crippen LogP contribution in [0.3, 0.4) is 0 Å². The van der Waals surface area contributed by atoms with Crippen LogP contribution < -0.4 is 0 Å². The first-order chi connectivity index (χ1) is 1.41. The number of hydrogen-bond donors (Lipinski definition) is 0. The molecule has 0 rings (SSSR count). The van der Waals surface area contributed by atoms with Crippen molar-refractivity contribution in [1.82, 2.24) is 0 Å². The quantitative estimate of drug-likeness (QED) is 0.581. The summed E-state index contributed by atoms with van der Waals surface area (Å²) >= 11 is -2.42. The Morgan fingerprint density at radius 2 is 1.00 bits per heavy atom. The van der Waals surface area contributed by atoms with Gasteiger partial charge in [0.15, 0.2) is 0 Å². The topological polar surface area (TPSA) is 65.6 Å². The Kier molecular flexibility index (Phi) is 174. The summed E-state index contributed by atoms with van der Waals surface area (Å²) < 4.78 is 17.1. The molecule has 6 heteroatoms. The summed E-state index contributed by atoms with van der Waals surface area (Å²) in [7, 11) is 0. The molecule has 3 nitrogen and oxygen atoms in total. The SMILES string of the molecule is Cl.Cl.O.[O]=[Hf]=[O]. The first-order valence-electron chi connectivity index (χ1n) is 0.408. The van der Waals surface area contributed by atoms with Gasteiger partial charge in [0.25, 0.3) is 0 Å². The van der Waals surface area contributed by atoms with Gasteiger partial charge in [-0.05, 0) is 0 Å². The van der Waals surface area contributed by atoms with Crippen molar-refractivity contribution in [3.05, 3.63) is 0 Å². The second kappa shape index (κ2) is 37.3. The zero-order valence-electron chi connectivity index (χ0n) is 2.63. The van der Waals surface area contributed by atoms with Gasteiger partial charge in [0.1, 0.15) is 0 Å². The van der Waals surface area contributed by atoms with E-state index in [4.69, 9.17) is 5.71 Å². The van der Waals surface area contributed by atoms with Crippen molar-refractivity contribution in [2.24, 2.45) is 0 Å². The summed E-state index contributed by atoms with van der Waals surface area (Å²) in [5.41, 5.74) is 0. The first kappa shape index (κ1) is 27.9. The van der Waals surface area contributed by atoms with Crippen LogP contribution in [-0.4, -0.2) is 5.48 Å². The van der Waals surface area contributed by atoms with E-state index >= 15 is 0 Å². The second-order valence-electron chi connectivity index (χ2n) is 0.0833. The molecule has 0 spiro atoms. The number of rotatable bonds is 0. The van der Waals surface area contributed by atoms with E-state index in [2.05, 4.69) is 0 Å². The van der Waals surface area contributed by atoms with Gasteiger partial charge in [-0.3, -0.25) is 0 Å². The van der Waals surface area contributed by atoms with Crippen molar-refractivity contribution < 1.29 is 34.1 Å². The third kappa shape index (κ3) is 79.0. The molecule has 2 N–H and O–H groups in total. The van der Waals surface area contributed by atoms with E-state index in [9.17, 15) is 0 Å². The molecule has 0 aromatic carbocycles. The number of hydrogen-bond acceptors (Lipinski definition) is 2. The summed E-state index contributed by atoms with van der Waals surface area (Å²) in [4.78, 5) is 0. The van der Waals surface area contributed by atoms with E-state index < -0.39 is 22.9 Å². The van der Waals surface area contributed by atoms with Gasteiger partial charge in [0, 0.05) is 0 Å². The third-order valence-corrected chi connectivity index (χ3v) is 0. The van der Waals surface area contributed by atoms with Gasteiger partial charge >= 0.3 is 28.6 Å². The van der Waals surface area contributed by atoms with Crippen LogP contribution in [0.1, 0.15) is 0 Å². The molecule has 0 amide bonds. The Balaban J connectivity index is -0.00000000667. The Morgan fingerprint density at radius 1 is 1.00 bits per heavy atom. The van der Waals surface area contributed by atoms with Crippen molar-refractivity contribution in [3.8, 4) is 0 Å². The fourth-order valence-corrected chi connectivity index (χ4v) is 0. The van der Waals surface area contributed by atoms with Crippen LogP contribution >= 0.6 is 24.8 Å². The van der Waals surface area contributed by atoms with Crippen molar-refractivity contribution >= 4 is 24.8 Å². The predicted molar refractivity (Wildman–Crippen MR) is 19.5 cm³/mol. The summed E-state index contributed by atoms with van der Waals surface area (Å²) in [6, 6.07) is 0. The average molecular weight is 301 g/mol. The molecule has 0 unspecified atom stereocenters. The summed E-state index contributed by atoms with van der Waals surface area (Å²) in [6.07, 6.45) is 0. The fourth-order valence-electron chi connectivity index (χ4n) is 0. The van der Waals surface area contributed by atoms with Crippen LogP contribution in [0.25, 0.3) is 0 Å². The first-order valence-corrected chi connectivity index (χ1v) is 3.34. The molecule has 0 atom stereocenters. The zero-order valence-corrected chi connectivity index (χ0v) is 7.86. The van der Waals surface area contributed by atoms with Crippen molar-refractivity contribution in [1.29, 1.82) is 0 Å². The molecule has 40 valence electrons. The maximum absolute atomic E-state index is 8.57. The van der Waals surface area contributed by atoms with E-state index in [-0.39, 0.29) is 30.3 Å². The van der Waals surface area contributed by atoms with Gasteiger partial charge < -0.3 is 5.48 Å². The van der Waals surface area contributed by atoms with Crippen molar-refractivity contribution in [2.45, 2.75) is 0 Å². The molecule has 6 heavy (non-hydrogen) atoms. The van der Waals surface area contributed by atoms with Gasteiger partial charge in [-0.1, -0.05) is 0 Å². The summed E-state index contributed by atoms with van der Waals surface area (Å²) in [6.45, 7) is 0. The molecule has 0 radical (unpaired) electrons. The molecule has 0 aromatic rings. The molecule has 0 aliphatic rings. The Bertz CT molecular complexity index is 29.8. The minimum atomic E-state index is -2.42. The van der Waals surface area contributed by atoms with Gasteiger partial charge in [-0.15, -0.1) is 24.8 Å². The van der Waals surface area contributed by atoms with E-state index in [1.165, 1.54) is 0 Å². The molecule has 0 heterocycles. The van der Waals surface area contributed by atoms with E-state index in [1.807, 2.05) is 0 Å². The Hall–Kier alpha value is 1.01. The Labute approximate surface area is 58.8 Å². The van der Waals surface area contributed by atoms with Crippen LogP contribution in [0.15, 0.2) is 0 Å². The Morgan fingerprint density at radius 3 is 1.00 bits per heavy atom. The number of halogens is 2. The molecular weight excluding hydrogens is 297 g/mol. The van der Waals surface area contributed by atoms with E-state index in [1.54, 1.807) is 0 Å². The molecule has 0 saturated heterocycles. The van der Waals surface area contributed by atoms with Crippen molar-refractivity contribution in [2.75, 3.05) is 0 Å². The van der Waals surface area contributed by atoms with Crippen LogP contribution in [0.5, 0.6) is 0 Å². The average Bonchev–Trinajstić information content (AvgIpc) is 0.918. The van der Waals surface area contributed by atoms with Crippen LogP contribution in [-0.2, 0) is 28.6 Å². The molecule has 0 aliphatic heterocycles. The second-order valence-corrected chi connectivity index (χ2v) is 0.682. The standard InChI is InChI=1S/2ClH.Hf.H2O.2O/h2*1H;;1H2;;. The van der Waals surface area contributed by atoms with Crippen molar-refractivity contribution in [3.63, 3.8) is 0 Å². The van der Waals surface area contributed by atoms with Gasteiger partial charge in [-0.2, -0.15) is 0 Å². The van der Waals surface area contributed by atoms with Crippen LogP contribution in [0.4, 0.5) is 0 Å². The third-order valence-electron chi connectivity index (χ3n) is 0. The molecule has 0 saturated carbocycles. The minimum absolute atomic E-state index is 0. The monoisotopic (exact) mass is 302 g/mol. The predicted octanol–water partition coefficient (Wildman–Crippen LogP) is -0.221. The van der Waals surface area contributed by atoms with Crippen LogP contribution in [0, 0.1) is 0 Å². The molecule has 0 bridgehead atoms. The molecule has 0 aliphatic carbocycles. The van der Waals surface area contributed by atoms with E-state index in [0.29, 0.717) is 0 Å². The molecular formula is H4Cl2HfO3. The molecule has 0 fully saturated rings. The molecule has 0 aromatic heterocycles. The normalized spacial score (nSPS) is 1.33. The van der Waals surface area contributed by atoms with Gasteiger partial charge in [-0.25, -0.2) is 0 Å².